The van der Waals surface area contributed by atoms with Crippen LogP contribution in [0.15, 0.2) is 24.3 Å². The lowest BCUT2D eigenvalue weighted by Crippen LogP contribution is -2.46. The van der Waals surface area contributed by atoms with Gasteiger partial charge in [-0.25, -0.2) is 0 Å². The van der Waals surface area contributed by atoms with Gasteiger partial charge < -0.3 is 10.1 Å². The molecule has 0 spiro atoms. The third-order valence-corrected chi connectivity index (χ3v) is 6.22. The molecule has 2 heterocycles. The van der Waals surface area contributed by atoms with Crippen LogP contribution in [0.4, 0.5) is 0 Å². The van der Waals surface area contributed by atoms with Crippen LogP contribution in [0.2, 0.25) is 5.02 Å². The highest BCUT2D eigenvalue weighted by Crippen LogP contribution is 2.38. The normalized spacial score (nSPS) is 23.1. The van der Waals surface area contributed by atoms with Crippen LogP contribution in [0.5, 0.6) is 0 Å². The minimum atomic E-state index is 0.140. The quantitative estimate of drug-likeness (QED) is 0.908. The molecule has 2 aliphatic rings. The highest BCUT2D eigenvalue weighted by Gasteiger charge is 2.36. The number of thioether (sulfide) groups is 1. The van der Waals surface area contributed by atoms with E-state index in [9.17, 15) is 0 Å². The van der Waals surface area contributed by atoms with Gasteiger partial charge in [0.05, 0.1) is 0 Å². The lowest BCUT2D eigenvalue weighted by Gasteiger charge is -2.40. The Kier molecular flexibility index (Phi) is 5.49. The summed E-state index contributed by atoms with van der Waals surface area (Å²) in [7, 11) is 0. The van der Waals surface area contributed by atoms with Crippen LogP contribution in [0.1, 0.15) is 31.2 Å². The molecule has 0 radical (unpaired) electrons. The van der Waals surface area contributed by atoms with Gasteiger partial charge in [-0.05, 0) is 48.8 Å². The molecule has 2 fully saturated rings. The van der Waals surface area contributed by atoms with E-state index in [-0.39, 0.29) is 5.41 Å². The molecule has 0 aliphatic carbocycles. The second-order valence-corrected chi connectivity index (χ2v) is 7.77. The molecule has 2 saturated heterocycles. The number of nitrogens with one attached hydrogen (secondary N) is 1. The van der Waals surface area contributed by atoms with Crippen molar-refractivity contribution in [2.45, 2.75) is 37.1 Å². The van der Waals surface area contributed by atoms with Crippen LogP contribution in [-0.2, 0) is 10.2 Å². The zero-order valence-electron chi connectivity index (χ0n) is 12.4. The maximum atomic E-state index is 6.50. The van der Waals surface area contributed by atoms with Gasteiger partial charge in [-0.3, -0.25) is 0 Å². The van der Waals surface area contributed by atoms with Crippen LogP contribution in [-0.4, -0.2) is 37.3 Å². The van der Waals surface area contributed by atoms with Crippen molar-refractivity contribution in [3.05, 3.63) is 34.9 Å². The predicted octanol–water partition coefficient (Wildman–Crippen LogP) is 3.87. The number of benzene rings is 1. The maximum Gasteiger partial charge on any atom is 0.0475 e. The average molecular weight is 326 g/mol. The molecule has 0 bridgehead atoms. The molecule has 4 heteroatoms. The van der Waals surface area contributed by atoms with E-state index < -0.39 is 0 Å². The largest absolute Gasteiger partial charge is 0.381 e. The molecule has 3 rings (SSSR count). The SMILES string of the molecule is Clc1ccccc1C1(CNC2CCSCC2)CCOCC1. The van der Waals surface area contributed by atoms with Crippen molar-refractivity contribution in [2.24, 2.45) is 0 Å². The third kappa shape index (κ3) is 3.76. The van der Waals surface area contributed by atoms with E-state index in [4.69, 9.17) is 16.3 Å². The zero-order chi connectivity index (χ0) is 14.5. The molecule has 1 aromatic rings. The second-order valence-electron chi connectivity index (χ2n) is 6.14. The van der Waals surface area contributed by atoms with Crippen molar-refractivity contribution >= 4 is 23.4 Å². The van der Waals surface area contributed by atoms with Gasteiger partial charge in [-0.15, -0.1) is 0 Å². The number of hydrogen-bond donors (Lipinski definition) is 1. The first-order valence-electron chi connectivity index (χ1n) is 7.94. The summed E-state index contributed by atoms with van der Waals surface area (Å²) in [6.45, 7) is 2.70. The van der Waals surface area contributed by atoms with Gasteiger partial charge in [-0.2, -0.15) is 11.8 Å². The van der Waals surface area contributed by atoms with Gasteiger partial charge in [0.1, 0.15) is 0 Å². The Labute approximate surface area is 137 Å². The fourth-order valence-corrected chi connectivity index (χ4v) is 4.88. The number of ether oxygens (including phenoxy) is 1. The van der Waals surface area contributed by atoms with Crippen molar-refractivity contribution in [3.63, 3.8) is 0 Å². The van der Waals surface area contributed by atoms with E-state index >= 15 is 0 Å². The number of halogens is 1. The van der Waals surface area contributed by atoms with Gasteiger partial charge in [-0.1, -0.05) is 29.8 Å². The summed E-state index contributed by atoms with van der Waals surface area (Å²) >= 11 is 8.57. The molecule has 21 heavy (non-hydrogen) atoms. The summed E-state index contributed by atoms with van der Waals surface area (Å²) in [5.41, 5.74) is 1.44. The Morgan fingerprint density at radius 3 is 2.62 bits per heavy atom. The molecule has 0 saturated carbocycles. The summed E-state index contributed by atoms with van der Waals surface area (Å²) in [4.78, 5) is 0. The van der Waals surface area contributed by atoms with Crippen LogP contribution in [0.25, 0.3) is 0 Å². The Balaban J connectivity index is 1.75. The van der Waals surface area contributed by atoms with Gasteiger partial charge in [0.15, 0.2) is 0 Å². The lowest BCUT2D eigenvalue weighted by atomic mass is 9.74. The summed E-state index contributed by atoms with van der Waals surface area (Å²) < 4.78 is 5.60. The smallest absolute Gasteiger partial charge is 0.0475 e. The van der Waals surface area contributed by atoms with Gasteiger partial charge >= 0.3 is 0 Å². The van der Waals surface area contributed by atoms with Gasteiger partial charge in [0.25, 0.3) is 0 Å². The molecule has 116 valence electrons. The molecule has 0 aromatic heterocycles. The fraction of sp³-hybridized carbons (Fsp3) is 0.647. The van der Waals surface area contributed by atoms with Crippen LogP contribution >= 0.6 is 23.4 Å². The van der Waals surface area contributed by atoms with Crippen LogP contribution in [0.3, 0.4) is 0 Å². The molecule has 0 atom stereocenters. The standard InChI is InChI=1S/C17H24ClNOS/c18-16-4-2-1-3-15(16)17(7-9-20-10-8-17)13-19-14-5-11-21-12-6-14/h1-4,14,19H,5-13H2. The molecule has 1 aromatic carbocycles. The van der Waals surface area contributed by atoms with Crippen LogP contribution in [0, 0.1) is 0 Å². The zero-order valence-corrected chi connectivity index (χ0v) is 14.0. The van der Waals surface area contributed by atoms with E-state index in [0.29, 0.717) is 6.04 Å². The molecule has 0 amide bonds. The Bertz CT molecular complexity index is 456. The molecule has 1 N–H and O–H groups in total. The fourth-order valence-electron chi connectivity index (χ4n) is 3.44. The van der Waals surface area contributed by atoms with Crippen molar-refractivity contribution in [1.82, 2.24) is 5.32 Å². The number of hydrogen-bond acceptors (Lipinski definition) is 3. The van der Waals surface area contributed by atoms with E-state index in [0.717, 1.165) is 37.6 Å². The lowest BCUT2D eigenvalue weighted by molar-refractivity contribution is 0.0488. The minimum Gasteiger partial charge on any atom is -0.381 e. The van der Waals surface area contributed by atoms with Crippen LogP contribution < -0.4 is 5.32 Å². The van der Waals surface area contributed by atoms with E-state index in [1.54, 1.807) is 0 Å². The summed E-state index contributed by atoms with van der Waals surface area (Å²) in [5.74, 6) is 2.58. The van der Waals surface area contributed by atoms with E-state index in [2.05, 4.69) is 29.2 Å². The third-order valence-electron chi connectivity index (χ3n) is 4.85. The predicted molar refractivity (Wildman–Crippen MR) is 91.5 cm³/mol. The highest BCUT2D eigenvalue weighted by atomic mass is 35.5. The van der Waals surface area contributed by atoms with Crippen molar-refractivity contribution in [1.29, 1.82) is 0 Å². The summed E-state index contributed by atoms with van der Waals surface area (Å²) in [6, 6.07) is 9.02. The second kappa shape index (κ2) is 7.36. The van der Waals surface area contributed by atoms with Crippen molar-refractivity contribution in [3.8, 4) is 0 Å². The molecular weight excluding hydrogens is 302 g/mol. The molecule has 2 nitrogen and oxygen atoms in total. The van der Waals surface area contributed by atoms with E-state index in [1.807, 2.05) is 12.1 Å². The Hall–Kier alpha value is -0.220. The molecule has 2 aliphatic heterocycles. The highest BCUT2D eigenvalue weighted by molar-refractivity contribution is 7.99. The maximum absolute atomic E-state index is 6.50. The number of rotatable bonds is 4. The van der Waals surface area contributed by atoms with Crippen molar-refractivity contribution in [2.75, 3.05) is 31.3 Å². The summed E-state index contributed by atoms with van der Waals surface area (Å²) in [6.07, 6.45) is 4.70. The van der Waals surface area contributed by atoms with Gasteiger partial charge in [0, 0.05) is 36.2 Å². The Morgan fingerprint density at radius 1 is 1.19 bits per heavy atom. The molecular formula is C17H24ClNOS. The minimum absolute atomic E-state index is 0.140. The monoisotopic (exact) mass is 325 g/mol. The van der Waals surface area contributed by atoms with Crippen molar-refractivity contribution < 1.29 is 4.74 Å². The topological polar surface area (TPSA) is 21.3 Å². The average Bonchev–Trinajstić information content (AvgIpc) is 2.55. The first-order chi connectivity index (χ1) is 10.3. The van der Waals surface area contributed by atoms with E-state index in [1.165, 1.54) is 29.9 Å². The molecule has 0 unspecified atom stereocenters. The summed E-state index contributed by atoms with van der Waals surface area (Å²) in [5, 5.41) is 4.73. The Morgan fingerprint density at radius 2 is 1.90 bits per heavy atom. The first kappa shape index (κ1) is 15.7. The first-order valence-corrected chi connectivity index (χ1v) is 9.47. The van der Waals surface area contributed by atoms with Gasteiger partial charge in [0.2, 0.25) is 0 Å².